The lowest BCUT2D eigenvalue weighted by atomic mass is 10.1. The van der Waals surface area contributed by atoms with Crippen molar-refractivity contribution in [1.29, 1.82) is 0 Å². The number of benzene rings is 1. The van der Waals surface area contributed by atoms with Gasteiger partial charge in [0.2, 0.25) is 10.0 Å². The van der Waals surface area contributed by atoms with Gasteiger partial charge in [0.15, 0.2) is 10.7 Å². The largest absolute Gasteiger partial charge is 0.282 e. The molecule has 6 nitrogen and oxygen atoms in total. The fourth-order valence-electron chi connectivity index (χ4n) is 2.51. The van der Waals surface area contributed by atoms with Gasteiger partial charge in [-0.1, -0.05) is 6.07 Å². The van der Waals surface area contributed by atoms with E-state index in [1.807, 2.05) is 0 Å². The summed E-state index contributed by atoms with van der Waals surface area (Å²) in [6, 6.07) is 7.06. The van der Waals surface area contributed by atoms with Gasteiger partial charge in [0.25, 0.3) is 6.43 Å². The number of nitrogens with two attached hydrogens (primary N) is 1. The van der Waals surface area contributed by atoms with Crippen molar-refractivity contribution < 1.29 is 26.0 Å². The molecule has 2 N–H and O–H groups in total. The number of nitrogens with zero attached hydrogens (tertiary/aromatic N) is 3. The van der Waals surface area contributed by atoms with Crippen LogP contribution in [0.5, 0.6) is 0 Å². The maximum absolute atomic E-state index is 14.2. The highest BCUT2D eigenvalue weighted by Gasteiger charge is 2.24. The van der Waals surface area contributed by atoms with Gasteiger partial charge < -0.3 is 0 Å². The fourth-order valence-corrected chi connectivity index (χ4v) is 3.17. The maximum Gasteiger partial charge on any atom is 0.282 e. The molecule has 0 amide bonds. The Labute approximate surface area is 151 Å². The molecular formula is C16H12F4N4O2S. The summed E-state index contributed by atoms with van der Waals surface area (Å²) in [5, 5.41) is 8.54. The van der Waals surface area contributed by atoms with Crippen molar-refractivity contribution in [3.8, 4) is 17.1 Å². The molecule has 0 fully saturated rings. The number of hydrogen-bond donors (Lipinski definition) is 1. The van der Waals surface area contributed by atoms with Gasteiger partial charge in [-0.15, -0.1) is 0 Å². The topological polar surface area (TPSA) is 90.9 Å². The fraction of sp³-hybridized carbons (Fsp3) is 0.125. The van der Waals surface area contributed by atoms with Crippen LogP contribution in [0.3, 0.4) is 0 Å². The van der Waals surface area contributed by atoms with Gasteiger partial charge in [0, 0.05) is 11.3 Å². The van der Waals surface area contributed by atoms with Gasteiger partial charge in [-0.05, 0) is 37.3 Å². The van der Waals surface area contributed by atoms with E-state index < -0.39 is 38.7 Å². The molecule has 0 saturated carbocycles. The maximum atomic E-state index is 14.2. The highest BCUT2D eigenvalue weighted by molar-refractivity contribution is 7.89. The van der Waals surface area contributed by atoms with Crippen LogP contribution in [0, 0.1) is 18.6 Å². The number of hydrogen-bond acceptors (Lipinski definition) is 4. The molecule has 2 aromatic heterocycles. The molecule has 0 radical (unpaired) electrons. The van der Waals surface area contributed by atoms with Crippen molar-refractivity contribution in [1.82, 2.24) is 14.8 Å². The molecular weight excluding hydrogens is 388 g/mol. The van der Waals surface area contributed by atoms with Gasteiger partial charge in [-0.3, -0.25) is 0 Å². The molecule has 0 aliphatic rings. The molecule has 0 aliphatic carbocycles. The Morgan fingerprint density at radius 1 is 1.11 bits per heavy atom. The van der Waals surface area contributed by atoms with Crippen molar-refractivity contribution in [2.24, 2.45) is 5.14 Å². The van der Waals surface area contributed by atoms with Crippen LogP contribution in [0.2, 0.25) is 0 Å². The first kappa shape index (κ1) is 19.0. The van der Waals surface area contributed by atoms with Crippen LogP contribution in [0.1, 0.15) is 17.8 Å². The zero-order valence-corrected chi connectivity index (χ0v) is 14.5. The molecule has 0 bridgehead atoms. The standard InChI is InChI=1S/C16H12F4N4O2S/c1-8-3-2-4-14(22-8)24-13(7-12(23-24)16(19)20)9-5-10(17)15(11(18)6-9)27(21,25)26/h2-7,16H,1H3,(H2,21,25,26). The number of aromatic nitrogens is 3. The minimum absolute atomic E-state index is 0.0952. The molecule has 0 spiro atoms. The minimum atomic E-state index is -4.64. The molecule has 3 rings (SSSR count). The summed E-state index contributed by atoms with van der Waals surface area (Å²) in [7, 11) is -4.64. The normalized spacial score (nSPS) is 12.0. The predicted octanol–water partition coefficient (Wildman–Crippen LogP) is 3.11. The summed E-state index contributed by atoms with van der Waals surface area (Å²) < 4.78 is 78.2. The number of sulfonamides is 1. The minimum Gasteiger partial charge on any atom is -0.234 e. The van der Waals surface area contributed by atoms with E-state index in [0.29, 0.717) is 17.8 Å². The van der Waals surface area contributed by atoms with Gasteiger partial charge in [0.05, 0.1) is 5.69 Å². The quantitative estimate of drug-likeness (QED) is 0.682. The Morgan fingerprint density at radius 3 is 2.26 bits per heavy atom. The Kier molecular flexibility index (Phi) is 4.74. The van der Waals surface area contributed by atoms with Crippen LogP contribution in [-0.4, -0.2) is 23.2 Å². The monoisotopic (exact) mass is 400 g/mol. The first-order valence-electron chi connectivity index (χ1n) is 7.42. The van der Waals surface area contributed by atoms with E-state index >= 15 is 0 Å². The number of aryl methyl sites for hydroxylation is 1. The van der Waals surface area contributed by atoms with Crippen molar-refractivity contribution in [3.63, 3.8) is 0 Å². The first-order valence-corrected chi connectivity index (χ1v) is 8.97. The van der Waals surface area contributed by atoms with Gasteiger partial charge in [0.1, 0.15) is 17.3 Å². The zero-order chi connectivity index (χ0) is 19.9. The zero-order valence-electron chi connectivity index (χ0n) is 13.7. The van der Waals surface area contributed by atoms with Crippen LogP contribution in [0.25, 0.3) is 17.1 Å². The van der Waals surface area contributed by atoms with E-state index in [0.717, 1.165) is 10.7 Å². The molecule has 0 saturated heterocycles. The number of pyridine rings is 1. The summed E-state index contributed by atoms with van der Waals surface area (Å²) in [4.78, 5) is 2.85. The van der Waals surface area contributed by atoms with Gasteiger partial charge in [-0.25, -0.2) is 40.8 Å². The molecule has 11 heteroatoms. The van der Waals surface area contributed by atoms with Crippen LogP contribution in [-0.2, 0) is 10.0 Å². The average molecular weight is 400 g/mol. The summed E-state index contributed by atoms with van der Waals surface area (Å²) >= 11 is 0. The summed E-state index contributed by atoms with van der Waals surface area (Å²) in [6.07, 6.45) is -2.94. The molecule has 142 valence electrons. The third kappa shape index (κ3) is 3.69. The van der Waals surface area contributed by atoms with E-state index in [1.165, 1.54) is 6.07 Å². The summed E-state index contributed by atoms with van der Waals surface area (Å²) in [6.45, 7) is 1.67. The molecule has 0 atom stereocenters. The lowest BCUT2D eigenvalue weighted by molar-refractivity contribution is 0.145. The van der Waals surface area contributed by atoms with Crippen LogP contribution < -0.4 is 5.14 Å². The van der Waals surface area contributed by atoms with Crippen molar-refractivity contribution in [3.05, 3.63) is 59.4 Å². The number of alkyl halides is 2. The Bertz CT molecular complexity index is 1110. The van der Waals surface area contributed by atoms with Crippen molar-refractivity contribution in [2.45, 2.75) is 18.2 Å². The van der Waals surface area contributed by atoms with Gasteiger partial charge >= 0.3 is 0 Å². The second-order valence-corrected chi connectivity index (χ2v) is 7.12. The second kappa shape index (κ2) is 6.74. The Hall–Kier alpha value is -2.79. The predicted molar refractivity (Wildman–Crippen MR) is 87.8 cm³/mol. The van der Waals surface area contributed by atoms with E-state index in [4.69, 9.17) is 5.14 Å². The lowest BCUT2D eigenvalue weighted by Crippen LogP contribution is -2.16. The van der Waals surface area contributed by atoms with Crippen molar-refractivity contribution in [2.75, 3.05) is 0 Å². The third-order valence-electron chi connectivity index (χ3n) is 3.62. The number of rotatable bonds is 4. The SMILES string of the molecule is Cc1cccc(-n2nc(C(F)F)cc2-c2cc(F)c(S(N)(=O)=O)c(F)c2)n1. The number of halogens is 4. The highest BCUT2D eigenvalue weighted by Crippen LogP contribution is 2.31. The van der Waals surface area contributed by atoms with E-state index in [1.54, 1.807) is 19.1 Å². The molecule has 2 heterocycles. The van der Waals surface area contributed by atoms with Crippen molar-refractivity contribution >= 4 is 10.0 Å². The average Bonchev–Trinajstić information content (AvgIpc) is 2.98. The van der Waals surface area contributed by atoms with E-state index in [2.05, 4.69) is 10.1 Å². The summed E-state index contributed by atoms with van der Waals surface area (Å²) in [5.41, 5.74) is -0.374. The second-order valence-electron chi connectivity index (χ2n) is 5.62. The van der Waals surface area contributed by atoms with Crippen LogP contribution >= 0.6 is 0 Å². The van der Waals surface area contributed by atoms with E-state index in [-0.39, 0.29) is 17.1 Å². The molecule has 1 aromatic carbocycles. The molecule has 27 heavy (non-hydrogen) atoms. The lowest BCUT2D eigenvalue weighted by Gasteiger charge is -2.09. The summed E-state index contributed by atoms with van der Waals surface area (Å²) in [5.74, 6) is -2.75. The van der Waals surface area contributed by atoms with E-state index in [9.17, 15) is 26.0 Å². The Balaban J connectivity index is 2.26. The molecule has 0 aliphatic heterocycles. The Morgan fingerprint density at radius 2 is 1.74 bits per heavy atom. The highest BCUT2D eigenvalue weighted by atomic mass is 32.2. The van der Waals surface area contributed by atoms with Crippen LogP contribution in [0.15, 0.2) is 41.3 Å². The molecule has 0 unspecified atom stereocenters. The molecule has 3 aromatic rings. The number of primary sulfonamides is 1. The first-order chi connectivity index (χ1) is 12.6. The third-order valence-corrected chi connectivity index (χ3v) is 4.58. The smallest absolute Gasteiger partial charge is 0.234 e. The van der Waals surface area contributed by atoms with Gasteiger partial charge in [-0.2, -0.15) is 5.10 Å². The van der Waals surface area contributed by atoms with Crippen LogP contribution in [0.4, 0.5) is 17.6 Å².